The molecule has 0 radical (unpaired) electrons. The summed E-state index contributed by atoms with van der Waals surface area (Å²) >= 11 is 0. The van der Waals surface area contributed by atoms with Crippen LogP contribution in [-0.2, 0) is 14.4 Å². The van der Waals surface area contributed by atoms with Crippen molar-refractivity contribution in [3.63, 3.8) is 0 Å². The minimum Gasteiger partial charge on any atom is -0.489 e. The first-order chi connectivity index (χ1) is 16.8. The predicted molar refractivity (Wildman–Crippen MR) is 133 cm³/mol. The van der Waals surface area contributed by atoms with E-state index in [-0.39, 0.29) is 37.6 Å². The van der Waals surface area contributed by atoms with E-state index in [0.29, 0.717) is 23.4 Å². The van der Waals surface area contributed by atoms with Gasteiger partial charge in [0.2, 0.25) is 0 Å². The molecule has 35 heavy (non-hydrogen) atoms. The molecular formula is C27H31N3O5. The van der Waals surface area contributed by atoms with Crippen LogP contribution < -0.4 is 20.3 Å². The lowest BCUT2D eigenvalue weighted by molar-refractivity contribution is -0.140. The first-order valence-corrected chi connectivity index (χ1v) is 11.6. The lowest BCUT2D eigenvalue weighted by Crippen LogP contribution is -2.55. The number of fused-ring (bicyclic) bond motifs is 1. The summed E-state index contributed by atoms with van der Waals surface area (Å²) in [5.41, 5.74) is 2.26. The van der Waals surface area contributed by atoms with Crippen molar-refractivity contribution in [2.24, 2.45) is 0 Å². The second kappa shape index (κ2) is 12.0. The molecule has 2 aromatic carbocycles. The maximum atomic E-state index is 13.4. The van der Waals surface area contributed by atoms with E-state index in [9.17, 15) is 14.4 Å². The summed E-state index contributed by atoms with van der Waals surface area (Å²) in [6.45, 7) is 5.81. The Kier molecular flexibility index (Phi) is 8.87. The molecule has 1 aliphatic rings. The lowest BCUT2D eigenvalue weighted by Gasteiger charge is -2.28. The van der Waals surface area contributed by atoms with E-state index in [4.69, 9.17) is 9.84 Å². The van der Waals surface area contributed by atoms with E-state index < -0.39 is 17.9 Å². The van der Waals surface area contributed by atoms with Gasteiger partial charge in [-0.05, 0) is 43.5 Å². The molecule has 2 aromatic rings. The number of aliphatic hydroxyl groups is 1. The summed E-state index contributed by atoms with van der Waals surface area (Å²) in [6, 6.07) is 13.7. The van der Waals surface area contributed by atoms with Gasteiger partial charge in [-0.1, -0.05) is 49.1 Å². The van der Waals surface area contributed by atoms with Crippen LogP contribution in [0, 0.1) is 11.8 Å². The fourth-order valence-electron chi connectivity index (χ4n) is 3.74. The van der Waals surface area contributed by atoms with Crippen molar-refractivity contribution in [1.82, 2.24) is 10.6 Å². The Morgan fingerprint density at radius 3 is 2.57 bits per heavy atom. The summed E-state index contributed by atoms with van der Waals surface area (Å²) in [5, 5.41) is 14.1. The summed E-state index contributed by atoms with van der Waals surface area (Å²) in [6.07, 6.45) is 0.348. The van der Waals surface area contributed by atoms with Gasteiger partial charge in [-0.3, -0.25) is 14.4 Å². The van der Waals surface area contributed by atoms with E-state index in [1.165, 1.54) is 0 Å². The van der Waals surface area contributed by atoms with Crippen LogP contribution in [0.4, 0.5) is 5.69 Å². The molecule has 8 heteroatoms. The summed E-state index contributed by atoms with van der Waals surface area (Å²) in [5.74, 6) is 4.25. The molecule has 2 atom stereocenters. The molecule has 0 fully saturated rings. The van der Waals surface area contributed by atoms with E-state index in [1.54, 1.807) is 23.1 Å². The van der Waals surface area contributed by atoms with E-state index >= 15 is 0 Å². The zero-order valence-electron chi connectivity index (χ0n) is 20.2. The number of benzene rings is 2. The van der Waals surface area contributed by atoms with Crippen LogP contribution in [-0.4, -0.2) is 54.7 Å². The van der Waals surface area contributed by atoms with Crippen molar-refractivity contribution in [3.05, 3.63) is 59.7 Å². The highest BCUT2D eigenvalue weighted by Gasteiger charge is 2.35. The molecule has 0 aromatic heterocycles. The number of nitrogens with one attached hydrogen (secondary N) is 2. The zero-order valence-corrected chi connectivity index (χ0v) is 20.2. The number of aliphatic hydroxyl groups excluding tert-OH is 1. The number of rotatable bonds is 6. The molecule has 3 rings (SSSR count). The number of hydrogen-bond donors (Lipinski definition) is 3. The number of nitrogens with zero attached hydrogens (tertiary/aromatic N) is 1. The monoisotopic (exact) mass is 477 g/mol. The van der Waals surface area contributed by atoms with Crippen molar-refractivity contribution in [2.75, 3.05) is 24.7 Å². The molecule has 1 unspecified atom stereocenters. The molecule has 0 bridgehead atoms. The van der Waals surface area contributed by atoms with Gasteiger partial charge in [-0.15, -0.1) is 0 Å². The van der Waals surface area contributed by atoms with Crippen LogP contribution >= 0.6 is 0 Å². The van der Waals surface area contributed by atoms with Gasteiger partial charge in [0.15, 0.2) is 0 Å². The number of amides is 3. The van der Waals surface area contributed by atoms with Gasteiger partial charge in [0.25, 0.3) is 5.91 Å². The lowest BCUT2D eigenvalue weighted by atomic mass is 10.0. The fraction of sp³-hybridized carbons (Fsp3) is 0.370. The average Bonchev–Trinajstić information content (AvgIpc) is 2.98. The third-order valence-electron chi connectivity index (χ3n) is 5.59. The summed E-state index contributed by atoms with van der Waals surface area (Å²) in [7, 11) is 0. The normalized spacial score (nSPS) is 15.7. The number of ether oxygens (including phenoxy) is 1. The highest BCUT2D eigenvalue weighted by molar-refractivity contribution is 6.35. The number of carbonyl (C=O) groups is 3. The molecule has 3 N–H and O–H groups in total. The molecule has 1 aliphatic heterocycles. The number of hydrogen-bond acceptors (Lipinski definition) is 5. The van der Waals surface area contributed by atoms with Crippen LogP contribution in [0.15, 0.2) is 48.5 Å². The fourth-order valence-corrected chi connectivity index (χ4v) is 3.74. The van der Waals surface area contributed by atoms with Crippen LogP contribution in [0.2, 0.25) is 0 Å². The largest absolute Gasteiger partial charge is 0.489 e. The standard InChI is InChI=1S/C27H31N3O5/c1-18(2)30-23-15-20(9-7-8-14-31)12-13-24(23)35-17-22(27(30)34)29-26(33)25(32)28-16-19(3)21-10-5-4-6-11-21/h4-6,10-13,15,18-19,22,31H,8,14,16-17H2,1-3H3,(H,28,32)(H,29,33)/t19?,22-/m0/s1. The van der Waals surface area contributed by atoms with Crippen molar-refractivity contribution < 1.29 is 24.2 Å². The first kappa shape index (κ1) is 25.8. The van der Waals surface area contributed by atoms with Crippen molar-refractivity contribution >= 4 is 23.4 Å². The molecule has 8 nitrogen and oxygen atoms in total. The molecular weight excluding hydrogens is 446 g/mol. The third-order valence-corrected chi connectivity index (χ3v) is 5.59. The summed E-state index contributed by atoms with van der Waals surface area (Å²) in [4.78, 5) is 39.9. The van der Waals surface area contributed by atoms with Crippen LogP contribution in [0.5, 0.6) is 5.75 Å². The van der Waals surface area contributed by atoms with Crippen molar-refractivity contribution in [1.29, 1.82) is 0 Å². The second-order valence-corrected chi connectivity index (χ2v) is 8.62. The molecule has 3 amide bonds. The van der Waals surface area contributed by atoms with Crippen molar-refractivity contribution in [3.8, 4) is 17.6 Å². The van der Waals surface area contributed by atoms with Crippen LogP contribution in [0.1, 0.15) is 44.2 Å². The van der Waals surface area contributed by atoms with Gasteiger partial charge in [0, 0.05) is 24.6 Å². The average molecular weight is 478 g/mol. The highest BCUT2D eigenvalue weighted by atomic mass is 16.5. The molecule has 184 valence electrons. The highest BCUT2D eigenvalue weighted by Crippen LogP contribution is 2.33. The van der Waals surface area contributed by atoms with Gasteiger partial charge in [-0.2, -0.15) is 0 Å². The Morgan fingerprint density at radius 2 is 1.89 bits per heavy atom. The Balaban J connectivity index is 1.69. The zero-order chi connectivity index (χ0) is 25.4. The first-order valence-electron chi connectivity index (χ1n) is 11.6. The topological polar surface area (TPSA) is 108 Å². The van der Waals surface area contributed by atoms with Gasteiger partial charge in [0.1, 0.15) is 18.4 Å². The molecule has 0 aliphatic carbocycles. The number of anilines is 1. The predicted octanol–water partition coefficient (Wildman–Crippen LogP) is 1.96. The molecule has 0 saturated carbocycles. The second-order valence-electron chi connectivity index (χ2n) is 8.62. The van der Waals surface area contributed by atoms with Crippen LogP contribution in [0.25, 0.3) is 0 Å². The molecule has 0 spiro atoms. The maximum Gasteiger partial charge on any atom is 0.310 e. The van der Waals surface area contributed by atoms with Gasteiger partial charge < -0.3 is 25.4 Å². The van der Waals surface area contributed by atoms with E-state index in [0.717, 1.165) is 5.56 Å². The van der Waals surface area contributed by atoms with Gasteiger partial charge in [0.05, 0.1) is 12.3 Å². The van der Waals surface area contributed by atoms with Gasteiger partial charge in [-0.25, -0.2) is 0 Å². The minimum absolute atomic E-state index is 0.0244. The van der Waals surface area contributed by atoms with E-state index in [2.05, 4.69) is 22.5 Å². The Bertz CT molecular complexity index is 1120. The van der Waals surface area contributed by atoms with Crippen molar-refractivity contribution in [2.45, 2.75) is 45.2 Å². The Morgan fingerprint density at radius 1 is 1.14 bits per heavy atom. The Hall–Kier alpha value is -3.83. The van der Waals surface area contributed by atoms with Crippen LogP contribution in [0.3, 0.4) is 0 Å². The maximum absolute atomic E-state index is 13.4. The van der Waals surface area contributed by atoms with Gasteiger partial charge >= 0.3 is 11.8 Å². The smallest absolute Gasteiger partial charge is 0.310 e. The minimum atomic E-state index is -1.03. The SMILES string of the molecule is CC(CNC(=O)C(=O)N[C@H]1COc2ccc(C#CCCO)cc2N(C(C)C)C1=O)c1ccccc1. The quantitative estimate of drug-likeness (QED) is 0.436. The third kappa shape index (κ3) is 6.61. The number of carbonyl (C=O) groups excluding carboxylic acids is 3. The molecule has 1 heterocycles. The van der Waals surface area contributed by atoms with E-state index in [1.807, 2.05) is 51.1 Å². The Labute approximate surface area is 205 Å². The molecule has 0 saturated heterocycles. The summed E-state index contributed by atoms with van der Waals surface area (Å²) < 4.78 is 5.83.